The van der Waals surface area contributed by atoms with Crippen LogP contribution < -0.4 is 10.5 Å². The summed E-state index contributed by atoms with van der Waals surface area (Å²) in [6.07, 6.45) is 1.42. The zero-order valence-electron chi connectivity index (χ0n) is 18.5. The van der Waals surface area contributed by atoms with Gasteiger partial charge in [0.25, 0.3) is 0 Å². The van der Waals surface area contributed by atoms with Crippen molar-refractivity contribution in [2.45, 2.75) is 52.6 Å². The van der Waals surface area contributed by atoms with Gasteiger partial charge in [-0.25, -0.2) is 19.0 Å². The molecule has 0 saturated carbocycles. The highest BCUT2D eigenvalue weighted by Gasteiger charge is 2.36. The van der Waals surface area contributed by atoms with Gasteiger partial charge >= 0.3 is 0 Å². The highest BCUT2D eigenvalue weighted by Crippen LogP contribution is 2.44. The Morgan fingerprint density at radius 3 is 2.65 bits per heavy atom. The number of benzene rings is 1. The molecule has 0 unspecified atom stereocenters. The monoisotopic (exact) mass is 446 g/mol. The summed E-state index contributed by atoms with van der Waals surface area (Å²) >= 11 is 6.38. The molecule has 1 aliphatic heterocycles. The zero-order chi connectivity index (χ0) is 22.4. The molecular weight excluding hydrogens is 419 g/mol. The predicted octanol–water partition coefficient (Wildman–Crippen LogP) is 4.33. The molecule has 0 bridgehead atoms. The molecule has 0 spiro atoms. The fourth-order valence-corrected chi connectivity index (χ4v) is 4.54. The summed E-state index contributed by atoms with van der Waals surface area (Å²) in [7, 11) is 0. The topological polar surface area (TPSA) is 82.1 Å². The molecule has 166 valence electrons. The smallest absolute Gasteiger partial charge is 0.164 e. The van der Waals surface area contributed by atoms with Gasteiger partial charge in [0.05, 0.1) is 28.8 Å². The van der Waals surface area contributed by atoms with Gasteiger partial charge in [-0.1, -0.05) is 11.6 Å². The fraction of sp³-hybridized carbons (Fsp3) is 0.500. The van der Waals surface area contributed by atoms with Crippen LogP contribution >= 0.6 is 11.6 Å². The van der Waals surface area contributed by atoms with E-state index in [0.717, 1.165) is 24.3 Å². The molecule has 3 heterocycles. The van der Waals surface area contributed by atoms with Crippen LogP contribution in [0.25, 0.3) is 11.0 Å². The first-order chi connectivity index (χ1) is 14.7. The van der Waals surface area contributed by atoms with Gasteiger partial charge in [0, 0.05) is 36.2 Å². The van der Waals surface area contributed by atoms with E-state index in [1.165, 1.54) is 6.33 Å². The maximum atomic E-state index is 15.3. The first kappa shape index (κ1) is 21.8. The largest absolute Gasteiger partial charge is 0.493 e. The molecule has 31 heavy (non-hydrogen) atoms. The van der Waals surface area contributed by atoms with E-state index in [1.807, 2.05) is 20.8 Å². The number of nitrogens with zero attached hydrogens (tertiary/aromatic N) is 5. The molecule has 1 saturated heterocycles. The number of likely N-dealkylation sites (tertiary alicyclic amines) is 1. The molecule has 2 N–H and O–H groups in total. The Labute approximate surface area is 186 Å². The lowest BCUT2D eigenvalue weighted by Gasteiger charge is -2.43. The van der Waals surface area contributed by atoms with E-state index < -0.39 is 5.82 Å². The van der Waals surface area contributed by atoms with E-state index in [4.69, 9.17) is 22.1 Å². The van der Waals surface area contributed by atoms with E-state index in [-0.39, 0.29) is 17.0 Å². The SMILES string of the molecule is CCOc1c([C@@H](C)n2nc(C)c3c(N)ncnc32)cc(Cl)c(F)c1C1CN(C(C)C)C1. The summed E-state index contributed by atoms with van der Waals surface area (Å²) in [5, 5.41) is 5.46. The third-order valence-electron chi connectivity index (χ3n) is 6.08. The minimum Gasteiger partial charge on any atom is -0.493 e. The van der Waals surface area contributed by atoms with E-state index in [1.54, 1.807) is 10.7 Å². The molecule has 3 aromatic rings. The van der Waals surface area contributed by atoms with E-state index in [0.29, 0.717) is 40.8 Å². The number of hydrogen-bond acceptors (Lipinski definition) is 6. The van der Waals surface area contributed by atoms with Crippen LogP contribution in [0.15, 0.2) is 12.4 Å². The molecule has 1 fully saturated rings. The number of hydrogen-bond donors (Lipinski definition) is 1. The average molecular weight is 447 g/mol. The van der Waals surface area contributed by atoms with Crippen LogP contribution in [0.4, 0.5) is 10.2 Å². The third-order valence-corrected chi connectivity index (χ3v) is 6.36. The van der Waals surface area contributed by atoms with Crippen molar-refractivity contribution in [1.29, 1.82) is 0 Å². The van der Waals surface area contributed by atoms with Crippen molar-refractivity contribution in [3.8, 4) is 5.75 Å². The number of aryl methyl sites for hydroxylation is 1. The molecule has 1 aliphatic rings. The molecule has 1 atom stereocenters. The zero-order valence-corrected chi connectivity index (χ0v) is 19.2. The maximum absolute atomic E-state index is 15.3. The van der Waals surface area contributed by atoms with Crippen LogP contribution in [0, 0.1) is 12.7 Å². The number of nitrogen functional groups attached to an aromatic ring is 1. The van der Waals surface area contributed by atoms with E-state index >= 15 is 4.39 Å². The minimum absolute atomic E-state index is 0.0303. The second-order valence-corrected chi connectivity index (χ2v) is 8.75. The minimum atomic E-state index is -0.400. The molecule has 1 aromatic carbocycles. The third kappa shape index (κ3) is 3.61. The summed E-state index contributed by atoms with van der Waals surface area (Å²) in [4.78, 5) is 10.8. The van der Waals surface area contributed by atoms with Gasteiger partial charge < -0.3 is 10.5 Å². The summed E-state index contributed by atoms with van der Waals surface area (Å²) in [5.74, 6) is 0.561. The Morgan fingerprint density at radius 1 is 1.29 bits per heavy atom. The van der Waals surface area contributed by atoms with Crippen LogP contribution in [-0.2, 0) is 0 Å². The second kappa shape index (κ2) is 8.24. The van der Waals surface area contributed by atoms with Gasteiger partial charge in [-0.05, 0) is 40.7 Å². The molecule has 9 heteroatoms. The van der Waals surface area contributed by atoms with E-state index in [2.05, 4.69) is 33.8 Å². The molecule has 0 aliphatic carbocycles. The predicted molar refractivity (Wildman–Crippen MR) is 120 cm³/mol. The standard InChI is InChI=1S/C22H28ClFN6O/c1-6-31-20-15(7-16(23)19(24)18(20)14-8-29(9-14)11(2)3)13(5)30-22-17(12(4)28-30)21(25)26-10-27-22/h7,10-11,13-14H,6,8-9H2,1-5H3,(H2,25,26,27)/t13-/m1/s1. The molecule has 7 nitrogen and oxygen atoms in total. The van der Waals surface area contributed by atoms with Crippen LogP contribution in [0.2, 0.25) is 5.02 Å². The van der Waals surface area contributed by atoms with Crippen molar-refractivity contribution in [1.82, 2.24) is 24.6 Å². The summed E-state index contributed by atoms with van der Waals surface area (Å²) in [5.41, 5.74) is 8.73. The van der Waals surface area contributed by atoms with Gasteiger partial charge in [-0.15, -0.1) is 0 Å². The quantitative estimate of drug-likeness (QED) is 0.607. The van der Waals surface area contributed by atoms with Crippen molar-refractivity contribution in [3.63, 3.8) is 0 Å². The van der Waals surface area contributed by atoms with Crippen LogP contribution in [0.1, 0.15) is 56.5 Å². The highest BCUT2D eigenvalue weighted by molar-refractivity contribution is 6.31. The summed E-state index contributed by atoms with van der Waals surface area (Å²) in [6, 6.07) is 1.75. The maximum Gasteiger partial charge on any atom is 0.164 e. The Bertz CT molecular complexity index is 1130. The van der Waals surface area contributed by atoms with Gasteiger partial charge in [0.2, 0.25) is 0 Å². The first-order valence-electron chi connectivity index (χ1n) is 10.6. The first-order valence-corrected chi connectivity index (χ1v) is 11.0. The van der Waals surface area contributed by atoms with Crippen molar-refractivity contribution in [2.75, 3.05) is 25.4 Å². The van der Waals surface area contributed by atoms with Crippen molar-refractivity contribution in [2.24, 2.45) is 0 Å². The van der Waals surface area contributed by atoms with Crippen LogP contribution in [0.3, 0.4) is 0 Å². The summed E-state index contributed by atoms with van der Waals surface area (Å²) in [6.45, 7) is 12.0. The average Bonchev–Trinajstić information content (AvgIpc) is 3.02. The number of aromatic nitrogens is 4. The normalized spacial score (nSPS) is 16.1. The molecule has 4 rings (SSSR count). The second-order valence-electron chi connectivity index (χ2n) is 8.35. The lowest BCUT2D eigenvalue weighted by Crippen LogP contribution is -2.49. The van der Waals surface area contributed by atoms with Crippen molar-refractivity contribution >= 4 is 28.5 Å². The van der Waals surface area contributed by atoms with Gasteiger partial charge in [-0.2, -0.15) is 5.10 Å². The number of rotatable bonds is 6. The van der Waals surface area contributed by atoms with Gasteiger partial charge in [-0.3, -0.25) is 4.90 Å². The number of fused-ring (bicyclic) bond motifs is 1. The molecule has 0 amide bonds. The fourth-order valence-electron chi connectivity index (χ4n) is 4.32. The Kier molecular flexibility index (Phi) is 5.79. The summed E-state index contributed by atoms with van der Waals surface area (Å²) < 4.78 is 23.1. The molecule has 0 radical (unpaired) electrons. The highest BCUT2D eigenvalue weighted by atomic mass is 35.5. The lowest BCUT2D eigenvalue weighted by atomic mass is 9.87. The molecule has 2 aromatic heterocycles. The number of ether oxygens (including phenoxy) is 1. The van der Waals surface area contributed by atoms with Gasteiger partial charge in [0.1, 0.15) is 23.7 Å². The lowest BCUT2D eigenvalue weighted by molar-refractivity contribution is 0.106. The van der Waals surface area contributed by atoms with E-state index in [9.17, 15) is 0 Å². The van der Waals surface area contributed by atoms with Crippen molar-refractivity contribution in [3.05, 3.63) is 40.1 Å². The Balaban J connectivity index is 1.84. The van der Waals surface area contributed by atoms with Crippen LogP contribution in [0.5, 0.6) is 5.75 Å². The number of nitrogens with two attached hydrogens (primary N) is 1. The Morgan fingerprint density at radius 2 is 2.00 bits per heavy atom. The Hall–Kier alpha value is -2.45. The number of anilines is 1. The number of halogens is 2. The van der Waals surface area contributed by atoms with Crippen molar-refractivity contribution < 1.29 is 9.13 Å². The van der Waals surface area contributed by atoms with Crippen LogP contribution in [-0.4, -0.2) is 50.4 Å². The molecular formula is C22H28ClFN6O. The van der Waals surface area contributed by atoms with Gasteiger partial charge in [0.15, 0.2) is 5.65 Å².